The molecule has 1 saturated heterocycles. The molecule has 1 aromatic heterocycles. The lowest BCUT2D eigenvalue weighted by Crippen LogP contribution is -2.50. The van der Waals surface area contributed by atoms with Gasteiger partial charge in [-0.05, 0) is 43.0 Å². The van der Waals surface area contributed by atoms with E-state index >= 15 is 0 Å². The van der Waals surface area contributed by atoms with Crippen LogP contribution in [0.3, 0.4) is 0 Å². The zero-order chi connectivity index (χ0) is 23.5. The number of benzene rings is 1. The number of rotatable bonds is 7. The first-order chi connectivity index (χ1) is 15.8. The van der Waals surface area contributed by atoms with E-state index in [9.17, 15) is 9.90 Å². The number of halogens is 1. The van der Waals surface area contributed by atoms with Crippen LogP contribution in [0.4, 0.5) is 5.82 Å². The SMILES string of the molecule is CC(C)NCC[C@@H](C(=O)N1CCN(c2ncnc3c2[C@H](C)C[C@H]3O)CC1)c1ccc(Cl)cc1. The Kier molecular flexibility index (Phi) is 7.51. The van der Waals surface area contributed by atoms with Crippen molar-refractivity contribution >= 4 is 23.3 Å². The predicted molar refractivity (Wildman–Crippen MR) is 131 cm³/mol. The van der Waals surface area contributed by atoms with E-state index in [0.29, 0.717) is 30.6 Å². The highest BCUT2D eigenvalue weighted by atomic mass is 35.5. The standard InChI is InChI=1S/C25H34ClN5O2/c1-16(2)27-9-8-20(18-4-6-19(26)7-5-18)25(33)31-12-10-30(11-13-31)24-22-17(3)14-21(32)23(22)28-15-29-24/h4-7,15-17,20-21,27,32H,8-14H2,1-3H3/t17-,20-,21-/m1/s1. The summed E-state index contributed by atoms with van der Waals surface area (Å²) in [5.74, 6) is 1.11. The number of fused-ring (bicyclic) bond motifs is 1. The molecule has 2 heterocycles. The quantitative estimate of drug-likeness (QED) is 0.643. The third-order valence-corrected chi connectivity index (χ3v) is 6.98. The van der Waals surface area contributed by atoms with Gasteiger partial charge >= 0.3 is 0 Å². The van der Waals surface area contributed by atoms with Gasteiger partial charge in [-0.25, -0.2) is 9.97 Å². The molecule has 7 nitrogen and oxygen atoms in total. The van der Waals surface area contributed by atoms with Crippen molar-refractivity contribution in [3.8, 4) is 0 Å². The first-order valence-electron chi connectivity index (χ1n) is 11.9. The lowest BCUT2D eigenvalue weighted by molar-refractivity contribution is -0.133. The summed E-state index contributed by atoms with van der Waals surface area (Å²) < 4.78 is 0. The summed E-state index contributed by atoms with van der Waals surface area (Å²) in [6, 6.07) is 8.03. The number of carbonyl (C=O) groups excluding carboxylic acids is 1. The number of amides is 1. The monoisotopic (exact) mass is 471 g/mol. The fraction of sp³-hybridized carbons (Fsp3) is 0.560. The minimum Gasteiger partial charge on any atom is -0.387 e. The number of hydrogen-bond donors (Lipinski definition) is 2. The molecular weight excluding hydrogens is 438 g/mol. The number of carbonyl (C=O) groups is 1. The second kappa shape index (κ2) is 10.4. The molecule has 0 bridgehead atoms. The third kappa shape index (κ3) is 5.31. The smallest absolute Gasteiger partial charge is 0.230 e. The van der Waals surface area contributed by atoms with Crippen LogP contribution in [0.2, 0.25) is 5.02 Å². The van der Waals surface area contributed by atoms with E-state index in [1.54, 1.807) is 6.33 Å². The van der Waals surface area contributed by atoms with Gasteiger partial charge in [0.15, 0.2) is 0 Å². The Morgan fingerprint density at radius 3 is 2.55 bits per heavy atom. The van der Waals surface area contributed by atoms with Crippen molar-refractivity contribution in [3.05, 3.63) is 52.4 Å². The number of nitrogens with zero attached hydrogens (tertiary/aromatic N) is 4. The predicted octanol–water partition coefficient (Wildman–Crippen LogP) is 3.49. The Morgan fingerprint density at radius 1 is 1.18 bits per heavy atom. The summed E-state index contributed by atoms with van der Waals surface area (Å²) >= 11 is 6.09. The molecule has 1 fully saturated rings. The maximum absolute atomic E-state index is 13.6. The summed E-state index contributed by atoms with van der Waals surface area (Å²) in [6.07, 6.45) is 2.46. The third-order valence-electron chi connectivity index (χ3n) is 6.73. The van der Waals surface area contributed by atoms with Crippen molar-refractivity contribution in [2.24, 2.45) is 0 Å². The van der Waals surface area contributed by atoms with Gasteiger partial charge in [0, 0.05) is 42.8 Å². The molecule has 0 radical (unpaired) electrons. The molecule has 1 amide bonds. The Morgan fingerprint density at radius 2 is 1.88 bits per heavy atom. The Balaban J connectivity index is 1.45. The first-order valence-corrected chi connectivity index (χ1v) is 12.3. The van der Waals surface area contributed by atoms with E-state index in [2.05, 4.69) is 41.0 Å². The molecule has 1 aliphatic heterocycles. The minimum atomic E-state index is -0.515. The molecule has 0 spiro atoms. The van der Waals surface area contributed by atoms with Crippen LogP contribution < -0.4 is 10.2 Å². The van der Waals surface area contributed by atoms with Gasteiger partial charge in [-0.15, -0.1) is 0 Å². The highest BCUT2D eigenvalue weighted by Crippen LogP contribution is 2.42. The van der Waals surface area contributed by atoms with Gasteiger partial charge in [0.05, 0.1) is 17.7 Å². The highest BCUT2D eigenvalue weighted by Gasteiger charge is 2.35. The topological polar surface area (TPSA) is 81.6 Å². The van der Waals surface area contributed by atoms with Crippen molar-refractivity contribution in [1.82, 2.24) is 20.2 Å². The van der Waals surface area contributed by atoms with Crippen LogP contribution in [0.15, 0.2) is 30.6 Å². The number of hydrogen-bond acceptors (Lipinski definition) is 6. The van der Waals surface area contributed by atoms with Crippen LogP contribution >= 0.6 is 11.6 Å². The van der Waals surface area contributed by atoms with E-state index in [1.807, 2.05) is 29.2 Å². The van der Waals surface area contributed by atoms with Gasteiger partial charge in [-0.3, -0.25) is 4.79 Å². The maximum atomic E-state index is 13.6. The molecule has 2 N–H and O–H groups in total. The van der Waals surface area contributed by atoms with Crippen LogP contribution in [0.1, 0.15) is 68.4 Å². The van der Waals surface area contributed by atoms with Crippen LogP contribution in [-0.2, 0) is 4.79 Å². The normalized spacial score (nSPS) is 21.4. The molecule has 2 aromatic rings. The summed E-state index contributed by atoms with van der Waals surface area (Å²) in [5, 5.41) is 14.4. The number of anilines is 1. The zero-order valence-corrected chi connectivity index (χ0v) is 20.4. The zero-order valence-electron chi connectivity index (χ0n) is 19.7. The Bertz CT molecular complexity index is 960. The minimum absolute atomic E-state index is 0.166. The van der Waals surface area contributed by atoms with Crippen molar-refractivity contribution in [3.63, 3.8) is 0 Å². The molecule has 178 valence electrons. The molecule has 1 aromatic carbocycles. The van der Waals surface area contributed by atoms with Crippen LogP contribution in [0.5, 0.6) is 0 Å². The molecule has 1 aliphatic carbocycles. The maximum Gasteiger partial charge on any atom is 0.230 e. The summed E-state index contributed by atoms with van der Waals surface area (Å²) in [5.41, 5.74) is 2.82. The molecule has 4 rings (SSSR count). The molecule has 8 heteroatoms. The van der Waals surface area contributed by atoms with E-state index < -0.39 is 6.10 Å². The largest absolute Gasteiger partial charge is 0.387 e. The van der Waals surface area contributed by atoms with Crippen molar-refractivity contribution < 1.29 is 9.90 Å². The Labute approximate surface area is 201 Å². The lowest BCUT2D eigenvalue weighted by Gasteiger charge is -2.38. The lowest BCUT2D eigenvalue weighted by atomic mass is 9.93. The van der Waals surface area contributed by atoms with Crippen LogP contribution in [0.25, 0.3) is 0 Å². The molecule has 0 unspecified atom stereocenters. The average Bonchev–Trinajstić information content (AvgIpc) is 3.11. The van der Waals surface area contributed by atoms with E-state index in [0.717, 1.165) is 48.7 Å². The molecule has 33 heavy (non-hydrogen) atoms. The number of aliphatic hydroxyl groups is 1. The van der Waals surface area contributed by atoms with Crippen LogP contribution in [0, 0.1) is 0 Å². The number of aliphatic hydroxyl groups excluding tert-OH is 1. The van der Waals surface area contributed by atoms with Gasteiger partial charge in [0.25, 0.3) is 0 Å². The first kappa shape index (κ1) is 23.9. The molecule has 3 atom stereocenters. The second-order valence-electron chi connectivity index (χ2n) is 9.46. The summed E-state index contributed by atoms with van der Waals surface area (Å²) in [6.45, 7) is 9.86. The Hall–Kier alpha value is -2.22. The van der Waals surface area contributed by atoms with Crippen LogP contribution in [-0.4, -0.2) is 64.6 Å². The number of aromatic nitrogens is 2. The van der Waals surface area contributed by atoms with Crippen molar-refractivity contribution in [2.45, 2.75) is 57.6 Å². The fourth-order valence-corrected chi connectivity index (χ4v) is 5.08. The van der Waals surface area contributed by atoms with Gasteiger partial charge in [-0.1, -0.05) is 44.5 Å². The van der Waals surface area contributed by atoms with E-state index in [-0.39, 0.29) is 17.7 Å². The molecular formula is C25H34ClN5O2. The number of piperazine rings is 1. The highest BCUT2D eigenvalue weighted by molar-refractivity contribution is 6.30. The summed E-state index contributed by atoms with van der Waals surface area (Å²) in [7, 11) is 0. The van der Waals surface area contributed by atoms with Gasteiger partial charge in [-0.2, -0.15) is 0 Å². The van der Waals surface area contributed by atoms with E-state index in [4.69, 9.17) is 11.6 Å². The van der Waals surface area contributed by atoms with E-state index in [1.165, 1.54) is 0 Å². The summed E-state index contributed by atoms with van der Waals surface area (Å²) in [4.78, 5) is 26.7. The molecule has 0 saturated carbocycles. The average molecular weight is 472 g/mol. The van der Waals surface area contributed by atoms with Crippen molar-refractivity contribution in [1.29, 1.82) is 0 Å². The number of nitrogens with one attached hydrogen (secondary N) is 1. The molecule has 2 aliphatic rings. The van der Waals surface area contributed by atoms with Gasteiger partial charge in [0.2, 0.25) is 5.91 Å². The second-order valence-corrected chi connectivity index (χ2v) is 9.90. The fourth-order valence-electron chi connectivity index (χ4n) is 4.96. The van der Waals surface area contributed by atoms with Gasteiger partial charge < -0.3 is 20.2 Å². The van der Waals surface area contributed by atoms with Crippen molar-refractivity contribution in [2.75, 3.05) is 37.6 Å². The van der Waals surface area contributed by atoms with Gasteiger partial charge in [0.1, 0.15) is 12.1 Å².